The lowest BCUT2D eigenvalue weighted by atomic mass is 9.86. The average molecular weight is 342 g/mol. The summed E-state index contributed by atoms with van der Waals surface area (Å²) >= 11 is 0. The summed E-state index contributed by atoms with van der Waals surface area (Å²) in [5.41, 5.74) is 1.83. The van der Waals surface area contributed by atoms with Crippen LogP contribution in [0.5, 0.6) is 11.5 Å². The topological polar surface area (TPSA) is 59.6 Å². The van der Waals surface area contributed by atoms with Crippen molar-refractivity contribution < 1.29 is 14.3 Å². The van der Waals surface area contributed by atoms with Crippen LogP contribution in [0.25, 0.3) is 0 Å². The van der Waals surface area contributed by atoms with E-state index >= 15 is 0 Å². The van der Waals surface area contributed by atoms with E-state index in [9.17, 15) is 4.79 Å². The summed E-state index contributed by atoms with van der Waals surface area (Å²) in [4.78, 5) is 11.9. The fourth-order valence-electron chi connectivity index (χ4n) is 2.41. The molecule has 0 saturated heterocycles. The summed E-state index contributed by atoms with van der Waals surface area (Å²) in [6.45, 7) is 7.26. The lowest BCUT2D eigenvalue weighted by Crippen LogP contribution is -2.32. The van der Waals surface area contributed by atoms with Crippen molar-refractivity contribution in [1.82, 2.24) is 5.32 Å². The van der Waals surface area contributed by atoms with Crippen molar-refractivity contribution in [3.8, 4) is 11.5 Å². The third-order valence-electron chi connectivity index (χ3n) is 3.67. The highest BCUT2D eigenvalue weighted by atomic mass is 16.5. The van der Waals surface area contributed by atoms with Gasteiger partial charge in [0.25, 0.3) is 0 Å². The molecule has 0 atom stereocenters. The molecule has 25 heavy (non-hydrogen) atoms. The van der Waals surface area contributed by atoms with Gasteiger partial charge in [-0.15, -0.1) is 0 Å². The first-order valence-corrected chi connectivity index (χ1v) is 8.31. The minimum absolute atomic E-state index is 0.00770. The Hall–Kier alpha value is -2.69. The van der Waals surface area contributed by atoms with Crippen LogP contribution in [0.3, 0.4) is 0 Å². The Morgan fingerprint density at radius 1 is 1.08 bits per heavy atom. The molecule has 5 heteroatoms. The number of benzene rings is 2. The number of nitrogens with one attached hydrogen (secondary N) is 2. The molecule has 0 bridgehead atoms. The first kappa shape index (κ1) is 18.6. The predicted octanol–water partition coefficient (Wildman–Crippen LogP) is 4.19. The molecular formula is C20H26N2O3. The number of para-hydroxylation sites is 1. The van der Waals surface area contributed by atoms with Crippen molar-refractivity contribution in [2.24, 2.45) is 0 Å². The van der Waals surface area contributed by atoms with E-state index in [1.807, 2.05) is 30.3 Å². The largest absolute Gasteiger partial charge is 0.497 e. The van der Waals surface area contributed by atoms with Gasteiger partial charge in [0.15, 0.2) is 0 Å². The maximum absolute atomic E-state index is 11.9. The fourth-order valence-corrected chi connectivity index (χ4v) is 2.41. The highest BCUT2D eigenvalue weighted by Crippen LogP contribution is 2.30. The SMILES string of the molecule is COc1cccc(NC(=O)NCCOc2ccccc2C(C)(C)C)c1. The van der Waals surface area contributed by atoms with Gasteiger partial charge in [0.05, 0.1) is 13.7 Å². The quantitative estimate of drug-likeness (QED) is 0.774. The highest BCUT2D eigenvalue weighted by Gasteiger charge is 2.18. The Kier molecular flexibility index (Phi) is 6.28. The van der Waals surface area contributed by atoms with Crippen LogP contribution >= 0.6 is 0 Å². The van der Waals surface area contributed by atoms with E-state index in [1.54, 1.807) is 19.2 Å². The van der Waals surface area contributed by atoms with E-state index in [0.717, 1.165) is 11.3 Å². The van der Waals surface area contributed by atoms with Crippen molar-refractivity contribution in [3.63, 3.8) is 0 Å². The number of anilines is 1. The van der Waals surface area contributed by atoms with Gasteiger partial charge in [-0.2, -0.15) is 0 Å². The van der Waals surface area contributed by atoms with Gasteiger partial charge in [0, 0.05) is 11.8 Å². The number of urea groups is 1. The first-order valence-electron chi connectivity index (χ1n) is 8.31. The molecule has 0 spiro atoms. The molecule has 5 nitrogen and oxygen atoms in total. The zero-order chi connectivity index (χ0) is 18.3. The van der Waals surface area contributed by atoms with Gasteiger partial charge in [-0.3, -0.25) is 0 Å². The maximum Gasteiger partial charge on any atom is 0.319 e. The normalized spacial score (nSPS) is 10.9. The van der Waals surface area contributed by atoms with Crippen molar-refractivity contribution in [3.05, 3.63) is 54.1 Å². The Bertz CT molecular complexity index is 708. The monoisotopic (exact) mass is 342 g/mol. The molecule has 0 aliphatic carbocycles. The molecule has 0 aliphatic rings. The van der Waals surface area contributed by atoms with Crippen LogP contribution in [0.2, 0.25) is 0 Å². The van der Waals surface area contributed by atoms with Crippen LogP contribution in [0, 0.1) is 0 Å². The number of hydrogen-bond acceptors (Lipinski definition) is 3. The van der Waals surface area contributed by atoms with E-state index < -0.39 is 0 Å². The first-order chi connectivity index (χ1) is 11.9. The van der Waals surface area contributed by atoms with Crippen LogP contribution in [0.15, 0.2) is 48.5 Å². The molecule has 0 radical (unpaired) electrons. The van der Waals surface area contributed by atoms with E-state index in [1.165, 1.54) is 0 Å². The van der Waals surface area contributed by atoms with Crippen LogP contribution in [0.4, 0.5) is 10.5 Å². The number of hydrogen-bond donors (Lipinski definition) is 2. The fraction of sp³-hybridized carbons (Fsp3) is 0.350. The van der Waals surface area contributed by atoms with E-state index in [0.29, 0.717) is 24.6 Å². The minimum atomic E-state index is -0.277. The van der Waals surface area contributed by atoms with Crippen molar-refractivity contribution >= 4 is 11.7 Å². The summed E-state index contributed by atoms with van der Waals surface area (Å²) < 4.78 is 11.0. The smallest absolute Gasteiger partial charge is 0.319 e. The number of carbonyl (C=O) groups excluding carboxylic acids is 1. The van der Waals surface area contributed by atoms with E-state index in [2.05, 4.69) is 37.5 Å². The zero-order valence-corrected chi connectivity index (χ0v) is 15.3. The Morgan fingerprint density at radius 3 is 2.56 bits per heavy atom. The van der Waals surface area contributed by atoms with E-state index in [4.69, 9.17) is 9.47 Å². The second-order valence-electron chi connectivity index (χ2n) is 6.71. The molecule has 0 aliphatic heterocycles. The van der Waals surface area contributed by atoms with Gasteiger partial charge in [0.1, 0.15) is 18.1 Å². The lowest BCUT2D eigenvalue weighted by Gasteiger charge is -2.22. The maximum atomic E-state index is 11.9. The minimum Gasteiger partial charge on any atom is -0.497 e. The Labute approximate surface area is 149 Å². The van der Waals surface area contributed by atoms with Gasteiger partial charge in [-0.1, -0.05) is 45.0 Å². The summed E-state index contributed by atoms with van der Waals surface area (Å²) in [5.74, 6) is 1.55. The van der Waals surface area contributed by atoms with Gasteiger partial charge in [0.2, 0.25) is 0 Å². The van der Waals surface area contributed by atoms with Gasteiger partial charge < -0.3 is 20.1 Å². The molecule has 2 rings (SSSR count). The van der Waals surface area contributed by atoms with Crippen LogP contribution in [0.1, 0.15) is 26.3 Å². The number of rotatable bonds is 6. The summed E-state index contributed by atoms with van der Waals surface area (Å²) in [6, 6.07) is 14.9. The summed E-state index contributed by atoms with van der Waals surface area (Å²) in [5, 5.41) is 5.55. The van der Waals surface area contributed by atoms with Crippen LogP contribution in [-0.4, -0.2) is 26.3 Å². The third-order valence-corrected chi connectivity index (χ3v) is 3.67. The molecule has 0 fully saturated rings. The van der Waals surface area contributed by atoms with E-state index in [-0.39, 0.29) is 11.4 Å². The number of ether oxygens (including phenoxy) is 2. The second-order valence-corrected chi connectivity index (χ2v) is 6.71. The van der Waals surface area contributed by atoms with Crippen LogP contribution in [-0.2, 0) is 5.41 Å². The molecule has 0 heterocycles. The molecule has 2 N–H and O–H groups in total. The van der Waals surface area contributed by atoms with Gasteiger partial charge >= 0.3 is 6.03 Å². The van der Waals surface area contributed by atoms with Crippen molar-refractivity contribution in [2.75, 3.05) is 25.6 Å². The lowest BCUT2D eigenvalue weighted by molar-refractivity contribution is 0.247. The van der Waals surface area contributed by atoms with Crippen LogP contribution < -0.4 is 20.1 Å². The molecule has 134 valence electrons. The standard InChI is InChI=1S/C20H26N2O3/c1-20(2,3)17-10-5-6-11-18(17)25-13-12-21-19(23)22-15-8-7-9-16(14-15)24-4/h5-11,14H,12-13H2,1-4H3,(H2,21,22,23). The second kappa shape index (κ2) is 8.42. The Morgan fingerprint density at radius 2 is 1.84 bits per heavy atom. The molecule has 2 aromatic rings. The van der Waals surface area contributed by atoms with Gasteiger partial charge in [-0.25, -0.2) is 4.79 Å². The Balaban J connectivity index is 1.80. The summed E-state index contributed by atoms with van der Waals surface area (Å²) in [7, 11) is 1.59. The summed E-state index contributed by atoms with van der Waals surface area (Å²) in [6.07, 6.45) is 0. The van der Waals surface area contributed by atoms with Gasteiger partial charge in [-0.05, 0) is 29.2 Å². The average Bonchev–Trinajstić information content (AvgIpc) is 2.58. The van der Waals surface area contributed by atoms with Crippen molar-refractivity contribution in [2.45, 2.75) is 26.2 Å². The third kappa shape index (κ3) is 5.71. The number of amides is 2. The van der Waals surface area contributed by atoms with Crippen molar-refractivity contribution in [1.29, 1.82) is 0 Å². The number of methoxy groups -OCH3 is 1. The molecule has 0 aromatic heterocycles. The molecule has 0 saturated carbocycles. The molecule has 0 unspecified atom stereocenters. The molecule has 2 aromatic carbocycles. The predicted molar refractivity (Wildman–Crippen MR) is 101 cm³/mol. The number of carbonyl (C=O) groups is 1. The zero-order valence-electron chi connectivity index (χ0n) is 15.3. The molecular weight excluding hydrogens is 316 g/mol. The molecule has 2 amide bonds. The highest BCUT2D eigenvalue weighted by molar-refractivity contribution is 5.89.